The molecule has 0 spiro atoms. The highest BCUT2D eigenvalue weighted by molar-refractivity contribution is 7.56. The summed E-state index contributed by atoms with van der Waals surface area (Å²) in [5.41, 5.74) is 0. The topological polar surface area (TPSA) is 17.8 Å². The summed E-state index contributed by atoms with van der Waals surface area (Å²) in [5, 5.41) is 0. The minimum absolute atomic E-state index is 1.47. The molecule has 0 atom stereocenters. The number of imidazole rings is 1. The van der Waals surface area contributed by atoms with Crippen molar-refractivity contribution in [2.24, 2.45) is 0 Å². The molecule has 0 saturated carbocycles. The van der Waals surface area contributed by atoms with E-state index in [-0.39, 0.29) is 0 Å². The highest BCUT2D eigenvalue weighted by Crippen LogP contribution is 1.74. The lowest BCUT2D eigenvalue weighted by Gasteiger charge is -1.98. The van der Waals surface area contributed by atoms with Crippen LogP contribution in [0.3, 0.4) is 0 Å². The number of nitrogens with zero attached hydrogens (tertiary/aromatic N) is 2. The first kappa shape index (κ1) is 3.61. The van der Waals surface area contributed by atoms with Gasteiger partial charge in [-0.05, 0) is 0 Å². The Kier molecular flexibility index (Phi) is 0.759. The van der Waals surface area contributed by atoms with Crippen LogP contribution in [-0.4, -0.2) is 8.96 Å². The molecular formula is C3H3N2S-. The van der Waals surface area contributed by atoms with Gasteiger partial charge in [-0.3, -0.25) is 0 Å². The molecule has 0 aliphatic rings. The molecule has 0 aromatic carbocycles. The normalized spacial score (nSPS) is 8.67. The summed E-state index contributed by atoms with van der Waals surface area (Å²) < 4.78 is 1.47. The molecule has 3 heteroatoms. The molecule has 0 aliphatic carbocycles. The molecule has 1 aromatic heterocycles. The van der Waals surface area contributed by atoms with E-state index in [2.05, 4.69) is 17.8 Å². The summed E-state index contributed by atoms with van der Waals surface area (Å²) in [6.45, 7) is 0. The maximum absolute atomic E-state index is 4.60. The summed E-state index contributed by atoms with van der Waals surface area (Å²) in [6.07, 6.45) is 4.91. The SMILES string of the molecule is [S-]n1ccnc1. The van der Waals surface area contributed by atoms with Crippen LogP contribution in [0.1, 0.15) is 0 Å². The van der Waals surface area contributed by atoms with E-state index in [9.17, 15) is 0 Å². The number of rotatable bonds is 0. The molecule has 0 saturated heterocycles. The Bertz CT molecular complexity index is 112. The summed E-state index contributed by atoms with van der Waals surface area (Å²) in [4.78, 5) is 3.68. The van der Waals surface area contributed by atoms with E-state index < -0.39 is 0 Å². The fraction of sp³-hybridized carbons (Fsp3) is 0. The van der Waals surface area contributed by atoms with Crippen LogP contribution in [0.4, 0.5) is 0 Å². The van der Waals surface area contributed by atoms with E-state index in [1.165, 1.54) is 3.97 Å². The van der Waals surface area contributed by atoms with Crippen molar-refractivity contribution in [2.75, 3.05) is 0 Å². The molecule has 0 unspecified atom stereocenters. The maximum Gasteiger partial charge on any atom is 0.0753 e. The Morgan fingerprint density at radius 1 is 1.67 bits per heavy atom. The minimum Gasteiger partial charge on any atom is -0.687 e. The summed E-state index contributed by atoms with van der Waals surface area (Å²) in [6, 6.07) is 0. The Morgan fingerprint density at radius 3 is 2.67 bits per heavy atom. The number of hydrogen-bond donors (Lipinski definition) is 0. The third-order valence-corrected chi connectivity index (χ3v) is 0.696. The molecule has 1 aromatic rings. The second-order valence-electron chi connectivity index (χ2n) is 0.923. The molecule has 1 heterocycles. The molecule has 0 amide bonds. The highest BCUT2D eigenvalue weighted by Gasteiger charge is 1.61. The zero-order valence-electron chi connectivity index (χ0n) is 3.03. The van der Waals surface area contributed by atoms with Gasteiger partial charge in [-0.1, -0.05) is 0 Å². The predicted octanol–water partition coefficient (Wildman–Crippen LogP) is 0.193. The summed E-state index contributed by atoms with van der Waals surface area (Å²) >= 11 is 4.60. The molecule has 32 valence electrons. The zero-order chi connectivity index (χ0) is 4.41. The fourth-order valence-corrected chi connectivity index (χ4v) is 0.356. The van der Waals surface area contributed by atoms with E-state index in [4.69, 9.17) is 0 Å². The lowest BCUT2D eigenvalue weighted by Crippen LogP contribution is -1.73. The average molecular weight is 99.1 g/mol. The van der Waals surface area contributed by atoms with Gasteiger partial charge < -0.3 is 16.8 Å². The molecule has 0 bridgehead atoms. The third-order valence-electron chi connectivity index (χ3n) is 0.480. The van der Waals surface area contributed by atoms with Crippen molar-refractivity contribution in [3.05, 3.63) is 18.7 Å². The van der Waals surface area contributed by atoms with Crippen LogP contribution < -0.4 is 0 Å². The monoisotopic (exact) mass is 99.0 g/mol. The Labute approximate surface area is 41.4 Å². The Balaban J connectivity index is 3.05. The van der Waals surface area contributed by atoms with Gasteiger partial charge in [0.25, 0.3) is 0 Å². The van der Waals surface area contributed by atoms with Gasteiger partial charge in [0.05, 0.1) is 6.33 Å². The van der Waals surface area contributed by atoms with Gasteiger partial charge in [0.1, 0.15) is 0 Å². The van der Waals surface area contributed by atoms with Crippen LogP contribution in [0, 0.1) is 0 Å². The molecule has 0 fully saturated rings. The quantitative estimate of drug-likeness (QED) is 0.432. The van der Waals surface area contributed by atoms with Crippen molar-refractivity contribution in [3.8, 4) is 0 Å². The number of hydrogen-bond acceptors (Lipinski definition) is 2. The van der Waals surface area contributed by atoms with E-state index in [0.717, 1.165) is 0 Å². The standard InChI is InChI=1S/C3H3N2S/c6-5-2-1-4-3-5/h1-3H/q-1. The van der Waals surface area contributed by atoms with E-state index in [0.29, 0.717) is 0 Å². The predicted molar refractivity (Wildman–Crippen MR) is 25.0 cm³/mol. The molecule has 6 heavy (non-hydrogen) atoms. The lowest BCUT2D eigenvalue weighted by atomic mass is 11.0. The second-order valence-corrected chi connectivity index (χ2v) is 1.34. The van der Waals surface area contributed by atoms with Crippen LogP contribution in [0.25, 0.3) is 0 Å². The van der Waals surface area contributed by atoms with Gasteiger partial charge in [0, 0.05) is 12.4 Å². The second kappa shape index (κ2) is 1.26. The summed E-state index contributed by atoms with van der Waals surface area (Å²) in [5.74, 6) is 0. The van der Waals surface area contributed by atoms with Crippen LogP contribution in [0.15, 0.2) is 18.7 Å². The van der Waals surface area contributed by atoms with Gasteiger partial charge >= 0.3 is 0 Å². The van der Waals surface area contributed by atoms with Crippen LogP contribution in [-0.2, 0) is 12.8 Å². The summed E-state index contributed by atoms with van der Waals surface area (Å²) in [7, 11) is 0. The number of aromatic nitrogens is 2. The van der Waals surface area contributed by atoms with Crippen LogP contribution in [0.5, 0.6) is 0 Å². The average Bonchev–Trinajstić information content (AvgIpc) is 1.86. The highest BCUT2D eigenvalue weighted by atomic mass is 32.1. The van der Waals surface area contributed by atoms with Crippen molar-refractivity contribution in [2.45, 2.75) is 0 Å². The van der Waals surface area contributed by atoms with E-state index >= 15 is 0 Å². The van der Waals surface area contributed by atoms with Gasteiger partial charge in [-0.15, -0.1) is 0 Å². The largest absolute Gasteiger partial charge is 0.687 e. The molecular weight excluding hydrogens is 96.1 g/mol. The maximum atomic E-state index is 4.60. The van der Waals surface area contributed by atoms with Gasteiger partial charge in [-0.25, -0.2) is 4.98 Å². The minimum atomic E-state index is 1.47. The van der Waals surface area contributed by atoms with Crippen LogP contribution in [0.2, 0.25) is 0 Å². The van der Waals surface area contributed by atoms with Crippen molar-refractivity contribution in [1.82, 2.24) is 8.96 Å². The van der Waals surface area contributed by atoms with Crippen molar-refractivity contribution in [1.29, 1.82) is 0 Å². The zero-order valence-corrected chi connectivity index (χ0v) is 3.85. The molecule has 0 N–H and O–H groups in total. The molecule has 2 nitrogen and oxygen atoms in total. The van der Waals surface area contributed by atoms with Crippen molar-refractivity contribution >= 4 is 12.8 Å². The lowest BCUT2D eigenvalue weighted by molar-refractivity contribution is 1.24. The van der Waals surface area contributed by atoms with Crippen molar-refractivity contribution < 1.29 is 0 Å². The van der Waals surface area contributed by atoms with E-state index in [1.54, 1.807) is 18.7 Å². The molecule has 0 aliphatic heterocycles. The first-order chi connectivity index (χ1) is 2.89. The smallest absolute Gasteiger partial charge is 0.0753 e. The fourth-order valence-electron chi connectivity index (χ4n) is 0.247. The molecule has 1 rings (SSSR count). The van der Waals surface area contributed by atoms with Gasteiger partial charge in [0.2, 0.25) is 0 Å². The molecule has 0 radical (unpaired) electrons. The Morgan fingerprint density at radius 2 is 2.50 bits per heavy atom. The first-order valence-corrected chi connectivity index (χ1v) is 1.91. The third kappa shape index (κ3) is 0.490. The van der Waals surface area contributed by atoms with Gasteiger partial charge in [-0.2, -0.15) is 0 Å². The van der Waals surface area contributed by atoms with E-state index in [1.807, 2.05) is 0 Å². The van der Waals surface area contributed by atoms with Gasteiger partial charge in [0.15, 0.2) is 0 Å². The van der Waals surface area contributed by atoms with Crippen LogP contribution >= 0.6 is 0 Å². The Hall–Kier alpha value is -0.570. The first-order valence-electron chi connectivity index (χ1n) is 1.55. The van der Waals surface area contributed by atoms with Crippen molar-refractivity contribution in [3.63, 3.8) is 0 Å².